The molecular weight excluding hydrogens is 258 g/mol. The van der Waals surface area contributed by atoms with Crippen molar-refractivity contribution in [2.24, 2.45) is 0 Å². The van der Waals surface area contributed by atoms with Crippen molar-refractivity contribution in [2.75, 3.05) is 20.7 Å². The van der Waals surface area contributed by atoms with Crippen molar-refractivity contribution >= 4 is 0 Å². The molecule has 2 rings (SSSR count). The van der Waals surface area contributed by atoms with E-state index < -0.39 is 0 Å². The largest absolute Gasteiger partial charge is 0.497 e. The molecule has 1 atom stereocenters. The Balaban J connectivity index is 2.44. The molecule has 0 amide bonds. The van der Waals surface area contributed by atoms with Crippen LogP contribution in [0.3, 0.4) is 0 Å². The van der Waals surface area contributed by atoms with Gasteiger partial charge in [-0.1, -0.05) is 35.9 Å². The van der Waals surface area contributed by atoms with E-state index in [4.69, 9.17) is 4.74 Å². The second kappa shape index (κ2) is 7.28. The molecule has 0 saturated heterocycles. The van der Waals surface area contributed by atoms with E-state index in [1.165, 1.54) is 22.3 Å². The van der Waals surface area contributed by atoms with Gasteiger partial charge in [0.2, 0.25) is 0 Å². The van der Waals surface area contributed by atoms with Crippen molar-refractivity contribution in [1.29, 1.82) is 0 Å². The molecule has 0 fully saturated rings. The van der Waals surface area contributed by atoms with E-state index in [1.807, 2.05) is 13.1 Å². The van der Waals surface area contributed by atoms with Crippen molar-refractivity contribution in [1.82, 2.24) is 5.32 Å². The zero-order chi connectivity index (χ0) is 15.2. The van der Waals surface area contributed by atoms with E-state index in [2.05, 4.69) is 55.6 Å². The van der Waals surface area contributed by atoms with Crippen LogP contribution >= 0.6 is 0 Å². The molecule has 0 spiro atoms. The minimum atomic E-state index is 0.396. The van der Waals surface area contributed by atoms with Gasteiger partial charge >= 0.3 is 0 Å². The summed E-state index contributed by atoms with van der Waals surface area (Å²) in [6, 6.07) is 15.1. The molecule has 0 radical (unpaired) electrons. The Bertz CT molecular complexity index is 592. The lowest BCUT2D eigenvalue weighted by Gasteiger charge is -2.21. The molecule has 0 aliphatic carbocycles. The summed E-state index contributed by atoms with van der Waals surface area (Å²) >= 11 is 0. The highest BCUT2D eigenvalue weighted by Crippen LogP contribution is 2.32. The normalized spacial score (nSPS) is 12.2. The lowest BCUT2D eigenvalue weighted by molar-refractivity contribution is 0.414. The average Bonchev–Trinajstić information content (AvgIpc) is 2.51. The topological polar surface area (TPSA) is 21.3 Å². The predicted molar refractivity (Wildman–Crippen MR) is 89.3 cm³/mol. The molecule has 2 nitrogen and oxygen atoms in total. The van der Waals surface area contributed by atoms with Crippen LogP contribution in [0.1, 0.15) is 34.6 Å². The minimum absolute atomic E-state index is 0.396. The second-order valence-electron chi connectivity index (χ2n) is 5.58. The van der Waals surface area contributed by atoms with Crippen LogP contribution in [0.15, 0.2) is 42.5 Å². The summed E-state index contributed by atoms with van der Waals surface area (Å²) in [6.45, 7) is 5.35. The standard InChI is InChI=1S/C19H25NO/c1-14-8-9-15(2)19(12-14)18(10-11-20-3)16-6-5-7-17(13-16)21-4/h5-9,12-13,18,20H,10-11H2,1-4H3. The number of nitrogens with one attached hydrogen (secondary N) is 1. The first-order valence-corrected chi connectivity index (χ1v) is 7.51. The molecule has 2 aromatic carbocycles. The first-order chi connectivity index (χ1) is 10.2. The van der Waals surface area contributed by atoms with Gasteiger partial charge in [-0.25, -0.2) is 0 Å². The van der Waals surface area contributed by atoms with Crippen LogP contribution in [-0.2, 0) is 0 Å². The number of hydrogen-bond acceptors (Lipinski definition) is 2. The number of aryl methyl sites for hydroxylation is 2. The van der Waals surface area contributed by atoms with Crippen LogP contribution in [0, 0.1) is 13.8 Å². The first kappa shape index (κ1) is 15.6. The van der Waals surface area contributed by atoms with E-state index in [1.54, 1.807) is 7.11 Å². The third-order valence-electron chi connectivity index (χ3n) is 3.99. The predicted octanol–water partition coefficient (Wildman–Crippen LogP) is 4.05. The van der Waals surface area contributed by atoms with Gasteiger partial charge in [-0.2, -0.15) is 0 Å². The van der Waals surface area contributed by atoms with Crippen molar-refractivity contribution in [2.45, 2.75) is 26.2 Å². The Morgan fingerprint density at radius 1 is 1.10 bits per heavy atom. The fourth-order valence-electron chi connectivity index (χ4n) is 2.78. The number of ether oxygens (including phenoxy) is 1. The molecule has 1 N–H and O–H groups in total. The summed E-state index contributed by atoms with van der Waals surface area (Å²) in [5, 5.41) is 3.27. The third-order valence-corrected chi connectivity index (χ3v) is 3.99. The van der Waals surface area contributed by atoms with E-state index in [9.17, 15) is 0 Å². The average molecular weight is 283 g/mol. The highest BCUT2D eigenvalue weighted by atomic mass is 16.5. The molecule has 0 heterocycles. The second-order valence-corrected chi connectivity index (χ2v) is 5.58. The number of benzene rings is 2. The molecule has 0 aliphatic heterocycles. The Morgan fingerprint density at radius 3 is 2.62 bits per heavy atom. The fourth-order valence-corrected chi connectivity index (χ4v) is 2.78. The monoisotopic (exact) mass is 283 g/mol. The molecular formula is C19H25NO. The summed E-state index contributed by atoms with van der Waals surface area (Å²) in [5.74, 6) is 1.32. The molecule has 1 unspecified atom stereocenters. The number of rotatable bonds is 6. The summed E-state index contributed by atoms with van der Waals surface area (Å²) in [5.41, 5.74) is 5.40. The van der Waals surface area contributed by atoms with E-state index in [0.717, 1.165) is 18.7 Å². The molecule has 0 bridgehead atoms. The van der Waals surface area contributed by atoms with Crippen LogP contribution in [0.5, 0.6) is 5.75 Å². The molecule has 112 valence electrons. The van der Waals surface area contributed by atoms with Crippen molar-refractivity contribution in [3.8, 4) is 5.75 Å². The van der Waals surface area contributed by atoms with Crippen LogP contribution in [0.25, 0.3) is 0 Å². The van der Waals surface area contributed by atoms with Crippen molar-refractivity contribution in [3.05, 3.63) is 64.7 Å². The van der Waals surface area contributed by atoms with Crippen LogP contribution in [0.2, 0.25) is 0 Å². The maximum Gasteiger partial charge on any atom is 0.119 e. The Morgan fingerprint density at radius 2 is 1.90 bits per heavy atom. The van der Waals surface area contributed by atoms with Gasteiger partial charge in [0.05, 0.1) is 7.11 Å². The highest BCUT2D eigenvalue weighted by Gasteiger charge is 2.16. The zero-order valence-electron chi connectivity index (χ0n) is 13.4. The van der Waals surface area contributed by atoms with Crippen molar-refractivity contribution in [3.63, 3.8) is 0 Å². The summed E-state index contributed by atoms with van der Waals surface area (Å²) in [7, 11) is 3.73. The highest BCUT2D eigenvalue weighted by molar-refractivity contribution is 5.42. The summed E-state index contributed by atoms with van der Waals surface area (Å²) < 4.78 is 5.38. The smallest absolute Gasteiger partial charge is 0.119 e. The lowest BCUT2D eigenvalue weighted by Crippen LogP contribution is -2.14. The molecule has 2 heteroatoms. The quantitative estimate of drug-likeness (QED) is 0.863. The molecule has 0 saturated carbocycles. The van der Waals surface area contributed by atoms with E-state index in [0.29, 0.717) is 5.92 Å². The third kappa shape index (κ3) is 3.85. The Hall–Kier alpha value is -1.80. The first-order valence-electron chi connectivity index (χ1n) is 7.51. The van der Waals surface area contributed by atoms with Gasteiger partial charge in [-0.15, -0.1) is 0 Å². The van der Waals surface area contributed by atoms with Crippen LogP contribution in [-0.4, -0.2) is 20.7 Å². The Kier molecular flexibility index (Phi) is 5.40. The van der Waals surface area contributed by atoms with Crippen molar-refractivity contribution < 1.29 is 4.74 Å². The molecule has 2 aromatic rings. The maximum absolute atomic E-state index is 5.38. The van der Waals surface area contributed by atoms with Gasteiger partial charge in [-0.3, -0.25) is 0 Å². The minimum Gasteiger partial charge on any atom is -0.497 e. The van der Waals surface area contributed by atoms with E-state index >= 15 is 0 Å². The van der Waals surface area contributed by atoms with Gasteiger partial charge < -0.3 is 10.1 Å². The molecule has 0 aliphatic rings. The van der Waals surface area contributed by atoms with E-state index in [-0.39, 0.29) is 0 Å². The Labute approximate surface area is 128 Å². The van der Waals surface area contributed by atoms with Gasteiger partial charge in [0, 0.05) is 5.92 Å². The SMILES string of the molecule is CNCCC(c1cccc(OC)c1)c1cc(C)ccc1C. The van der Waals surface area contributed by atoms with Gasteiger partial charge in [0.15, 0.2) is 0 Å². The fraction of sp³-hybridized carbons (Fsp3) is 0.368. The maximum atomic E-state index is 5.38. The summed E-state index contributed by atoms with van der Waals surface area (Å²) in [4.78, 5) is 0. The molecule has 0 aromatic heterocycles. The van der Waals surface area contributed by atoms with Crippen LogP contribution < -0.4 is 10.1 Å². The van der Waals surface area contributed by atoms with Gasteiger partial charge in [0.25, 0.3) is 0 Å². The van der Waals surface area contributed by atoms with Gasteiger partial charge in [0.1, 0.15) is 5.75 Å². The zero-order valence-corrected chi connectivity index (χ0v) is 13.4. The number of hydrogen-bond donors (Lipinski definition) is 1. The van der Waals surface area contributed by atoms with Gasteiger partial charge in [-0.05, 0) is 62.7 Å². The van der Waals surface area contributed by atoms with Crippen LogP contribution in [0.4, 0.5) is 0 Å². The lowest BCUT2D eigenvalue weighted by atomic mass is 9.85. The number of methoxy groups -OCH3 is 1. The molecule has 21 heavy (non-hydrogen) atoms. The summed E-state index contributed by atoms with van der Waals surface area (Å²) in [6.07, 6.45) is 1.08.